The third-order valence-corrected chi connectivity index (χ3v) is 5.04. The SMILES string of the molecule is CS(=O)(=O)OCCC1CCc2sc(C(=O)O)cc2C1. The smallest absolute Gasteiger partial charge is 0.345 e. The molecule has 7 heteroatoms. The van der Waals surface area contributed by atoms with Crippen molar-refractivity contribution in [2.24, 2.45) is 5.92 Å². The minimum Gasteiger partial charge on any atom is -0.477 e. The summed E-state index contributed by atoms with van der Waals surface area (Å²) in [5.41, 5.74) is 1.10. The van der Waals surface area contributed by atoms with Crippen molar-refractivity contribution in [2.45, 2.75) is 25.7 Å². The maximum Gasteiger partial charge on any atom is 0.345 e. The highest BCUT2D eigenvalue weighted by atomic mass is 32.2. The van der Waals surface area contributed by atoms with E-state index in [-0.39, 0.29) is 6.61 Å². The molecule has 1 unspecified atom stereocenters. The number of carbonyl (C=O) groups is 1. The lowest BCUT2D eigenvalue weighted by Crippen LogP contribution is -2.15. The van der Waals surface area contributed by atoms with Gasteiger partial charge in [-0.1, -0.05) is 0 Å². The first-order valence-corrected chi connectivity index (χ1v) is 8.68. The molecular formula is C12H16O5S2. The number of fused-ring (bicyclic) bond motifs is 1. The Hall–Kier alpha value is -0.920. The summed E-state index contributed by atoms with van der Waals surface area (Å²) in [6.45, 7) is 0.203. The van der Waals surface area contributed by atoms with Crippen molar-refractivity contribution in [1.29, 1.82) is 0 Å². The molecule has 5 nitrogen and oxygen atoms in total. The second kappa shape index (κ2) is 5.60. The Balaban J connectivity index is 1.93. The molecule has 1 aromatic rings. The summed E-state index contributed by atoms with van der Waals surface area (Å²) in [6, 6.07) is 1.74. The molecule has 0 radical (unpaired) electrons. The third-order valence-electron chi connectivity index (χ3n) is 3.22. The van der Waals surface area contributed by atoms with Gasteiger partial charge in [0.1, 0.15) is 4.88 Å². The Labute approximate surface area is 116 Å². The molecule has 0 amide bonds. The quantitative estimate of drug-likeness (QED) is 0.841. The van der Waals surface area contributed by atoms with Gasteiger partial charge in [0.05, 0.1) is 12.9 Å². The maximum absolute atomic E-state index is 10.9. The highest BCUT2D eigenvalue weighted by molar-refractivity contribution is 7.85. The summed E-state index contributed by atoms with van der Waals surface area (Å²) < 4.78 is 26.5. The number of hydrogen-bond donors (Lipinski definition) is 1. The van der Waals surface area contributed by atoms with Crippen LogP contribution in [0.1, 0.15) is 33.0 Å². The first-order chi connectivity index (χ1) is 8.85. The first-order valence-electron chi connectivity index (χ1n) is 6.04. The van der Waals surface area contributed by atoms with Crippen LogP contribution >= 0.6 is 11.3 Å². The molecule has 106 valence electrons. The molecular weight excluding hydrogens is 288 g/mol. The highest BCUT2D eigenvalue weighted by Crippen LogP contribution is 2.33. The number of carboxylic acids is 1. The first kappa shape index (κ1) is 14.5. The Morgan fingerprint density at radius 3 is 2.95 bits per heavy atom. The molecule has 1 heterocycles. The number of aryl methyl sites for hydroxylation is 1. The van der Waals surface area contributed by atoms with Crippen molar-refractivity contribution in [3.63, 3.8) is 0 Å². The highest BCUT2D eigenvalue weighted by Gasteiger charge is 2.23. The fraction of sp³-hybridized carbons (Fsp3) is 0.583. The van der Waals surface area contributed by atoms with Crippen LogP contribution in [0, 0.1) is 5.92 Å². The van der Waals surface area contributed by atoms with Crippen molar-refractivity contribution < 1.29 is 22.5 Å². The predicted molar refractivity (Wildman–Crippen MR) is 72.2 cm³/mol. The van der Waals surface area contributed by atoms with Crippen molar-refractivity contribution in [1.82, 2.24) is 0 Å². The van der Waals surface area contributed by atoms with E-state index in [0.717, 1.165) is 36.0 Å². The van der Waals surface area contributed by atoms with E-state index >= 15 is 0 Å². The van der Waals surface area contributed by atoms with Gasteiger partial charge in [-0.15, -0.1) is 11.3 Å². The van der Waals surface area contributed by atoms with Gasteiger partial charge in [0, 0.05) is 4.88 Å². The van der Waals surface area contributed by atoms with Gasteiger partial charge in [-0.2, -0.15) is 8.42 Å². The second-order valence-electron chi connectivity index (χ2n) is 4.79. The van der Waals surface area contributed by atoms with E-state index in [2.05, 4.69) is 0 Å². The molecule has 1 atom stereocenters. The molecule has 1 N–H and O–H groups in total. The number of carboxylic acid groups (broad SMARTS) is 1. The zero-order valence-electron chi connectivity index (χ0n) is 10.6. The molecule has 0 saturated heterocycles. The summed E-state index contributed by atoms with van der Waals surface area (Å²) in [5.74, 6) is -0.512. The van der Waals surface area contributed by atoms with E-state index in [1.165, 1.54) is 11.3 Å². The summed E-state index contributed by atoms with van der Waals surface area (Å²) in [4.78, 5) is 12.4. The van der Waals surface area contributed by atoms with Crippen molar-refractivity contribution >= 4 is 27.4 Å². The monoisotopic (exact) mass is 304 g/mol. The summed E-state index contributed by atoms with van der Waals surface area (Å²) in [5, 5.41) is 8.95. The third kappa shape index (κ3) is 4.02. The fourth-order valence-corrected chi connectivity index (χ4v) is 3.76. The molecule has 0 fully saturated rings. The number of thiophene rings is 1. The zero-order valence-corrected chi connectivity index (χ0v) is 12.2. The number of hydrogen-bond acceptors (Lipinski definition) is 5. The largest absolute Gasteiger partial charge is 0.477 e. The van der Waals surface area contributed by atoms with Crippen LogP contribution in [0.2, 0.25) is 0 Å². The van der Waals surface area contributed by atoms with Crippen LogP contribution in [0.25, 0.3) is 0 Å². The van der Waals surface area contributed by atoms with Crippen LogP contribution < -0.4 is 0 Å². The Morgan fingerprint density at radius 1 is 1.58 bits per heavy atom. The van der Waals surface area contributed by atoms with E-state index in [4.69, 9.17) is 9.29 Å². The predicted octanol–water partition coefficient (Wildman–Crippen LogP) is 1.92. The van der Waals surface area contributed by atoms with Gasteiger partial charge in [0.2, 0.25) is 0 Å². The van der Waals surface area contributed by atoms with Gasteiger partial charge in [-0.3, -0.25) is 4.18 Å². The zero-order chi connectivity index (χ0) is 14.0. The van der Waals surface area contributed by atoms with Crippen LogP contribution in [0.3, 0.4) is 0 Å². The minimum atomic E-state index is -3.37. The van der Waals surface area contributed by atoms with Crippen LogP contribution in [-0.4, -0.2) is 32.4 Å². The molecule has 19 heavy (non-hydrogen) atoms. The summed E-state index contributed by atoms with van der Waals surface area (Å²) in [7, 11) is -3.37. The van der Waals surface area contributed by atoms with Crippen LogP contribution in [0.5, 0.6) is 0 Å². The van der Waals surface area contributed by atoms with Crippen LogP contribution in [0.15, 0.2) is 6.07 Å². The standard InChI is InChI=1S/C12H16O5S2/c1-19(15,16)17-5-4-8-2-3-10-9(6-8)7-11(18-10)12(13)14/h7-8H,2-6H2,1H3,(H,13,14). The van der Waals surface area contributed by atoms with E-state index in [1.54, 1.807) is 6.07 Å². The summed E-state index contributed by atoms with van der Waals surface area (Å²) >= 11 is 1.35. The molecule has 0 bridgehead atoms. The molecule has 2 rings (SSSR count). The lowest BCUT2D eigenvalue weighted by atomic mass is 9.86. The van der Waals surface area contributed by atoms with Crippen LogP contribution in [0.4, 0.5) is 0 Å². The van der Waals surface area contributed by atoms with Crippen molar-refractivity contribution in [3.8, 4) is 0 Å². The normalized spacial score (nSPS) is 19.1. The van der Waals surface area contributed by atoms with E-state index in [9.17, 15) is 13.2 Å². The van der Waals surface area contributed by atoms with Gasteiger partial charge in [0.15, 0.2) is 0 Å². The average molecular weight is 304 g/mol. The van der Waals surface area contributed by atoms with Gasteiger partial charge in [-0.05, 0) is 43.2 Å². The second-order valence-corrected chi connectivity index (χ2v) is 7.57. The van der Waals surface area contributed by atoms with Gasteiger partial charge in [-0.25, -0.2) is 4.79 Å². The lowest BCUT2D eigenvalue weighted by Gasteiger charge is -2.21. The van der Waals surface area contributed by atoms with E-state index in [1.807, 2.05) is 0 Å². The molecule has 1 aromatic heterocycles. The Morgan fingerprint density at radius 2 is 2.32 bits per heavy atom. The topological polar surface area (TPSA) is 80.7 Å². The maximum atomic E-state index is 10.9. The minimum absolute atomic E-state index is 0.203. The van der Waals surface area contributed by atoms with E-state index < -0.39 is 16.1 Å². The van der Waals surface area contributed by atoms with Gasteiger partial charge in [0.25, 0.3) is 10.1 Å². The fourth-order valence-electron chi connectivity index (χ4n) is 2.32. The Kier molecular flexibility index (Phi) is 4.27. The van der Waals surface area contributed by atoms with Crippen LogP contribution in [-0.2, 0) is 27.1 Å². The Bertz CT molecular complexity index is 573. The van der Waals surface area contributed by atoms with Gasteiger partial charge < -0.3 is 5.11 Å². The van der Waals surface area contributed by atoms with Gasteiger partial charge >= 0.3 is 5.97 Å². The molecule has 1 aliphatic carbocycles. The number of aromatic carboxylic acids is 1. The molecule has 0 aromatic carbocycles. The van der Waals surface area contributed by atoms with Crippen molar-refractivity contribution in [2.75, 3.05) is 12.9 Å². The average Bonchev–Trinajstić information content (AvgIpc) is 2.70. The molecule has 0 spiro atoms. The van der Waals surface area contributed by atoms with E-state index in [0.29, 0.717) is 17.2 Å². The number of rotatable bonds is 5. The molecule has 1 aliphatic rings. The lowest BCUT2D eigenvalue weighted by molar-refractivity contribution is 0.0702. The summed E-state index contributed by atoms with van der Waals surface area (Å²) in [6.07, 6.45) is 4.37. The molecule has 0 saturated carbocycles. The molecule has 0 aliphatic heterocycles. The van der Waals surface area contributed by atoms with Crippen molar-refractivity contribution in [3.05, 3.63) is 21.4 Å².